The maximum Gasteiger partial charge on any atom is 0.413 e. The van der Waals surface area contributed by atoms with Crippen molar-refractivity contribution in [1.82, 2.24) is 9.97 Å². The SMILES string of the molecule is CCOC(=O)C1CC1c1cnc(NC(=O)OC(C)(C)C)cn1. The molecular weight excluding hydrogens is 286 g/mol. The fourth-order valence-corrected chi connectivity index (χ4v) is 2.03. The van der Waals surface area contributed by atoms with Crippen LogP contribution >= 0.6 is 0 Å². The third kappa shape index (κ3) is 4.41. The number of carbonyl (C=O) groups is 2. The van der Waals surface area contributed by atoms with Crippen LogP contribution in [0.25, 0.3) is 0 Å². The molecule has 7 heteroatoms. The lowest BCUT2D eigenvalue weighted by Crippen LogP contribution is -2.27. The highest BCUT2D eigenvalue weighted by Crippen LogP contribution is 2.47. The van der Waals surface area contributed by atoms with E-state index >= 15 is 0 Å². The normalized spacial score (nSPS) is 20.2. The molecule has 120 valence electrons. The number of aromatic nitrogens is 2. The summed E-state index contributed by atoms with van der Waals surface area (Å²) >= 11 is 0. The Morgan fingerprint density at radius 1 is 1.32 bits per heavy atom. The number of amides is 1. The third-order valence-electron chi connectivity index (χ3n) is 3.06. The molecule has 1 heterocycles. The van der Waals surface area contributed by atoms with Gasteiger partial charge in [0, 0.05) is 5.92 Å². The van der Waals surface area contributed by atoms with Gasteiger partial charge in [-0.3, -0.25) is 15.1 Å². The standard InChI is InChI=1S/C15H21N3O4/c1-5-21-13(19)10-6-9(10)11-7-17-12(8-16-11)18-14(20)22-15(2,3)4/h7-10H,5-6H2,1-4H3,(H,17,18,20). The fourth-order valence-electron chi connectivity index (χ4n) is 2.03. The first-order valence-electron chi connectivity index (χ1n) is 7.28. The van der Waals surface area contributed by atoms with E-state index in [2.05, 4.69) is 15.3 Å². The number of nitrogens with zero attached hydrogens (tertiary/aromatic N) is 2. The highest BCUT2D eigenvalue weighted by molar-refractivity contribution is 5.83. The van der Waals surface area contributed by atoms with Gasteiger partial charge in [-0.1, -0.05) is 0 Å². The van der Waals surface area contributed by atoms with Crippen LogP contribution in [0.15, 0.2) is 12.4 Å². The van der Waals surface area contributed by atoms with Gasteiger partial charge in [0.2, 0.25) is 0 Å². The van der Waals surface area contributed by atoms with Crippen LogP contribution in [0.3, 0.4) is 0 Å². The Labute approximate surface area is 129 Å². The Morgan fingerprint density at radius 3 is 2.59 bits per heavy atom. The van der Waals surface area contributed by atoms with Crippen LogP contribution < -0.4 is 5.32 Å². The molecule has 0 aromatic carbocycles. The van der Waals surface area contributed by atoms with Crippen LogP contribution in [0.1, 0.15) is 45.7 Å². The molecular formula is C15H21N3O4. The lowest BCUT2D eigenvalue weighted by atomic mass is 10.2. The van der Waals surface area contributed by atoms with Gasteiger partial charge in [0.05, 0.1) is 30.6 Å². The van der Waals surface area contributed by atoms with E-state index in [-0.39, 0.29) is 17.8 Å². The average molecular weight is 307 g/mol. The zero-order valence-electron chi connectivity index (χ0n) is 13.3. The highest BCUT2D eigenvalue weighted by atomic mass is 16.6. The molecule has 2 unspecified atom stereocenters. The van der Waals surface area contributed by atoms with Crippen molar-refractivity contribution in [2.75, 3.05) is 11.9 Å². The van der Waals surface area contributed by atoms with E-state index in [0.29, 0.717) is 12.4 Å². The molecule has 1 aromatic rings. The van der Waals surface area contributed by atoms with Crippen LogP contribution in [0, 0.1) is 5.92 Å². The second kappa shape index (κ2) is 6.29. The third-order valence-corrected chi connectivity index (χ3v) is 3.06. The van der Waals surface area contributed by atoms with Crippen molar-refractivity contribution >= 4 is 17.9 Å². The molecule has 1 N–H and O–H groups in total. The molecule has 7 nitrogen and oxygen atoms in total. The Morgan fingerprint density at radius 2 is 2.05 bits per heavy atom. The zero-order valence-corrected chi connectivity index (χ0v) is 13.3. The van der Waals surface area contributed by atoms with Gasteiger partial charge < -0.3 is 9.47 Å². The summed E-state index contributed by atoms with van der Waals surface area (Å²) in [5, 5.41) is 2.51. The summed E-state index contributed by atoms with van der Waals surface area (Å²) in [5.41, 5.74) is 0.158. The summed E-state index contributed by atoms with van der Waals surface area (Å²) in [6.07, 6.45) is 3.17. The largest absolute Gasteiger partial charge is 0.466 e. The maximum atomic E-state index is 11.6. The first kappa shape index (κ1) is 16.2. The van der Waals surface area contributed by atoms with E-state index in [0.717, 1.165) is 12.1 Å². The van der Waals surface area contributed by atoms with Gasteiger partial charge in [-0.2, -0.15) is 0 Å². The van der Waals surface area contributed by atoms with E-state index in [1.54, 1.807) is 33.9 Å². The molecule has 0 bridgehead atoms. The van der Waals surface area contributed by atoms with Crippen LogP contribution in [-0.2, 0) is 14.3 Å². The molecule has 22 heavy (non-hydrogen) atoms. The van der Waals surface area contributed by atoms with Crippen molar-refractivity contribution in [3.63, 3.8) is 0 Å². The number of hydrogen-bond donors (Lipinski definition) is 1. The summed E-state index contributed by atoms with van der Waals surface area (Å²) in [6.45, 7) is 7.51. The number of esters is 1. The second-order valence-corrected chi connectivity index (χ2v) is 6.15. The molecule has 0 aliphatic heterocycles. The number of nitrogens with one attached hydrogen (secondary N) is 1. The molecule has 1 fully saturated rings. The average Bonchev–Trinajstić information content (AvgIpc) is 3.18. The van der Waals surface area contributed by atoms with Crippen molar-refractivity contribution in [2.24, 2.45) is 5.92 Å². The van der Waals surface area contributed by atoms with Crippen LogP contribution in [-0.4, -0.2) is 34.2 Å². The summed E-state index contributed by atoms with van der Waals surface area (Å²) in [7, 11) is 0. The predicted molar refractivity (Wildman–Crippen MR) is 79.4 cm³/mol. The van der Waals surface area contributed by atoms with Gasteiger partial charge in [-0.15, -0.1) is 0 Å². The number of carbonyl (C=O) groups excluding carboxylic acids is 2. The smallest absolute Gasteiger partial charge is 0.413 e. The van der Waals surface area contributed by atoms with Crippen molar-refractivity contribution < 1.29 is 19.1 Å². The van der Waals surface area contributed by atoms with E-state index in [1.165, 1.54) is 6.20 Å². The summed E-state index contributed by atoms with van der Waals surface area (Å²) in [5.74, 6) is 0.0534. The predicted octanol–water partition coefficient (Wildman–Crippen LogP) is 2.49. The van der Waals surface area contributed by atoms with Crippen molar-refractivity contribution in [3.8, 4) is 0 Å². The van der Waals surface area contributed by atoms with Crippen LogP contribution in [0.2, 0.25) is 0 Å². The first-order chi connectivity index (χ1) is 10.3. The fraction of sp³-hybridized carbons (Fsp3) is 0.600. The van der Waals surface area contributed by atoms with Gasteiger partial charge in [0.25, 0.3) is 0 Å². The lowest BCUT2D eigenvalue weighted by Gasteiger charge is -2.19. The quantitative estimate of drug-likeness (QED) is 0.859. The monoisotopic (exact) mass is 307 g/mol. The first-order valence-corrected chi connectivity index (χ1v) is 7.28. The second-order valence-electron chi connectivity index (χ2n) is 6.15. The molecule has 2 atom stereocenters. The Kier molecular flexibility index (Phi) is 4.63. The van der Waals surface area contributed by atoms with E-state index in [1.807, 2.05) is 0 Å². The molecule has 0 spiro atoms. The summed E-state index contributed by atoms with van der Waals surface area (Å²) in [4.78, 5) is 31.6. The molecule has 1 aliphatic carbocycles. The van der Waals surface area contributed by atoms with Gasteiger partial charge in [-0.25, -0.2) is 9.78 Å². The summed E-state index contributed by atoms with van der Waals surface area (Å²) in [6, 6.07) is 0. The highest BCUT2D eigenvalue weighted by Gasteiger charge is 2.46. The molecule has 0 radical (unpaired) electrons. The molecule has 0 saturated heterocycles. The minimum atomic E-state index is -0.578. The molecule has 1 aromatic heterocycles. The van der Waals surface area contributed by atoms with Crippen LogP contribution in [0.4, 0.5) is 10.6 Å². The molecule has 1 amide bonds. The van der Waals surface area contributed by atoms with Gasteiger partial charge in [-0.05, 0) is 34.1 Å². The number of rotatable bonds is 4. The molecule has 2 rings (SSSR count). The van der Waals surface area contributed by atoms with Gasteiger partial charge in [0.15, 0.2) is 5.82 Å². The molecule has 1 aliphatic rings. The van der Waals surface area contributed by atoms with Crippen molar-refractivity contribution in [2.45, 2.75) is 45.6 Å². The minimum Gasteiger partial charge on any atom is -0.466 e. The van der Waals surface area contributed by atoms with Gasteiger partial charge >= 0.3 is 12.1 Å². The topological polar surface area (TPSA) is 90.4 Å². The van der Waals surface area contributed by atoms with Crippen molar-refractivity contribution in [1.29, 1.82) is 0 Å². The summed E-state index contributed by atoms with van der Waals surface area (Å²) < 4.78 is 10.1. The van der Waals surface area contributed by atoms with E-state index in [4.69, 9.17) is 9.47 Å². The Balaban J connectivity index is 1.89. The van der Waals surface area contributed by atoms with Gasteiger partial charge in [0.1, 0.15) is 5.60 Å². The number of hydrogen-bond acceptors (Lipinski definition) is 6. The number of anilines is 1. The van der Waals surface area contributed by atoms with E-state index in [9.17, 15) is 9.59 Å². The minimum absolute atomic E-state index is 0.0575. The number of ether oxygens (including phenoxy) is 2. The Hall–Kier alpha value is -2.18. The Bertz CT molecular complexity index is 551. The lowest BCUT2D eigenvalue weighted by molar-refractivity contribution is -0.144. The van der Waals surface area contributed by atoms with Crippen LogP contribution in [0.5, 0.6) is 0 Å². The molecule has 1 saturated carbocycles. The zero-order chi connectivity index (χ0) is 16.3. The maximum absolute atomic E-state index is 11.6. The van der Waals surface area contributed by atoms with Crippen molar-refractivity contribution in [3.05, 3.63) is 18.1 Å². The van der Waals surface area contributed by atoms with E-state index < -0.39 is 11.7 Å².